The van der Waals surface area contributed by atoms with E-state index < -0.39 is 0 Å². The van der Waals surface area contributed by atoms with E-state index in [0.29, 0.717) is 5.92 Å². The van der Waals surface area contributed by atoms with Crippen LogP contribution in [-0.2, 0) is 4.74 Å². The van der Waals surface area contributed by atoms with E-state index in [1.807, 2.05) is 13.2 Å². The molecule has 0 bridgehead atoms. The molecule has 0 radical (unpaired) electrons. The lowest BCUT2D eigenvalue weighted by atomic mass is 10.00. The van der Waals surface area contributed by atoms with Crippen LogP contribution in [0.15, 0.2) is 24.5 Å². The SMILES string of the molecule is CNc1ccc2cnc(C3CCOCC3)n2c1. The van der Waals surface area contributed by atoms with E-state index in [4.69, 9.17) is 4.74 Å². The molecule has 0 unspecified atom stereocenters. The van der Waals surface area contributed by atoms with Crippen LogP contribution in [0.4, 0.5) is 5.69 Å². The fourth-order valence-corrected chi connectivity index (χ4v) is 2.42. The Bertz CT molecular complexity index is 514. The van der Waals surface area contributed by atoms with Crippen LogP contribution in [0.5, 0.6) is 0 Å². The maximum Gasteiger partial charge on any atom is 0.116 e. The highest BCUT2D eigenvalue weighted by atomic mass is 16.5. The molecule has 1 saturated heterocycles. The minimum atomic E-state index is 0.526. The molecule has 17 heavy (non-hydrogen) atoms. The second kappa shape index (κ2) is 4.37. The molecule has 1 aliphatic rings. The zero-order valence-electron chi connectivity index (χ0n) is 10.0. The van der Waals surface area contributed by atoms with E-state index in [1.165, 1.54) is 5.82 Å². The van der Waals surface area contributed by atoms with E-state index in [2.05, 4.69) is 33.0 Å². The number of rotatable bonds is 2. The third-order valence-corrected chi connectivity index (χ3v) is 3.43. The van der Waals surface area contributed by atoms with Crippen molar-refractivity contribution in [2.45, 2.75) is 18.8 Å². The number of ether oxygens (including phenoxy) is 1. The van der Waals surface area contributed by atoms with Crippen LogP contribution in [0.25, 0.3) is 5.52 Å². The summed E-state index contributed by atoms with van der Waals surface area (Å²) in [4.78, 5) is 4.57. The van der Waals surface area contributed by atoms with Crippen molar-refractivity contribution in [1.82, 2.24) is 9.38 Å². The summed E-state index contributed by atoms with van der Waals surface area (Å²) in [5, 5.41) is 3.17. The van der Waals surface area contributed by atoms with Crippen LogP contribution in [0, 0.1) is 0 Å². The number of hydrogen-bond donors (Lipinski definition) is 1. The highest BCUT2D eigenvalue weighted by Gasteiger charge is 2.20. The van der Waals surface area contributed by atoms with E-state index in [0.717, 1.165) is 37.3 Å². The maximum atomic E-state index is 5.41. The fourth-order valence-electron chi connectivity index (χ4n) is 2.42. The van der Waals surface area contributed by atoms with Gasteiger partial charge in [-0.2, -0.15) is 0 Å². The van der Waals surface area contributed by atoms with Gasteiger partial charge in [0.25, 0.3) is 0 Å². The van der Waals surface area contributed by atoms with Crippen molar-refractivity contribution < 1.29 is 4.74 Å². The first-order chi connectivity index (χ1) is 8.38. The lowest BCUT2D eigenvalue weighted by molar-refractivity contribution is 0.0835. The van der Waals surface area contributed by atoms with Crippen molar-refractivity contribution in [3.63, 3.8) is 0 Å². The normalized spacial score (nSPS) is 17.5. The van der Waals surface area contributed by atoms with E-state index in [9.17, 15) is 0 Å². The van der Waals surface area contributed by atoms with E-state index in [1.54, 1.807) is 0 Å². The quantitative estimate of drug-likeness (QED) is 0.861. The summed E-state index contributed by atoms with van der Waals surface area (Å²) in [7, 11) is 1.94. The Morgan fingerprint density at radius 2 is 2.18 bits per heavy atom. The van der Waals surface area contributed by atoms with Crippen LogP contribution in [-0.4, -0.2) is 29.6 Å². The smallest absolute Gasteiger partial charge is 0.116 e. The molecular formula is C13H17N3O. The van der Waals surface area contributed by atoms with E-state index >= 15 is 0 Å². The van der Waals surface area contributed by atoms with Crippen LogP contribution in [0.1, 0.15) is 24.6 Å². The molecule has 0 amide bonds. The van der Waals surface area contributed by atoms with Gasteiger partial charge in [0, 0.05) is 32.4 Å². The lowest BCUT2D eigenvalue weighted by Gasteiger charge is -2.21. The fraction of sp³-hybridized carbons (Fsp3) is 0.462. The minimum absolute atomic E-state index is 0.526. The number of pyridine rings is 1. The van der Waals surface area contributed by atoms with Gasteiger partial charge in [0.1, 0.15) is 5.82 Å². The van der Waals surface area contributed by atoms with Crippen molar-refractivity contribution in [1.29, 1.82) is 0 Å². The maximum absolute atomic E-state index is 5.41. The van der Waals surface area contributed by atoms with Crippen LogP contribution >= 0.6 is 0 Å². The number of fused-ring (bicyclic) bond motifs is 1. The average molecular weight is 231 g/mol. The molecule has 1 fully saturated rings. The number of imidazole rings is 1. The molecule has 3 rings (SSSR count). The first-order valence-electron chi connectivity index (χ1n) is 6.11. The molecule has 0 aromatic carbocycles. The Morgan fingerprint density at radius 1 is 1.35 bits per heavy atom. The minimum Gasteiger partial charge on any atom is -0.387 e. The van der Waals surface area contributed by atoms with Gasteiger partial charge in [-0.05, 0) is 25.0 Å². The lowest BCUT2D eigenvalue weighted by Crippen LogP contribution is -2.16. The summed E-state index contributed by atoms with van der Waals surface area (Å²) in [6.45, 7) is 1.70. The second-order valence-corrected chi connectivity index (χ2v) is 4.47. The standard InChI is InChI=1S/C13H17N3O/c1-14-11-2-3-12-8-15-13(16(12)9-11)10-4-6-17-7-5-10/h2-3,8-10,14H,4-7H2,1H3. The number of hydrogen-bond acceptors (Lipinski definition) is 3. The molecule has 2 aromatic rings. The summed E-state index contributed by atoms with van der Waals surface area (Å²) >= 11 is 0. The second-order valence-electron chi connectivity index (χ2n) is 4.47. The largest absolute Gasteiger partial charge is 0.387 e. The van der Waals surface area contributed by atoms with Gasteiger partial charge in [-0.25, -0.2) is 4.98 Å². The molecule has 1 N–H and O–H groups in total. The summed E-state index contributed by atoms with van der Waals surface area (Å²) in [6.07, 6.45) is 6.21. The van der Waals surface area contributed by atoms with Crippen molar-refractivity contribution in [3.8, 4) is 0 Å². The zero-order valence-corrected chi connectivity index (χ0v) is 10.0. The molecule has 1 aliphatic heterocycles. The molecule has 0 atom stereocenters. The van der Waals surface area contributed by atoms with Crippen LogP contribution < -0.4 is 5.32 Å². The summed E-state index contributed by atoms with van der Waals surface area (Å²) in [5.41, 5.74) is 2.27. The molecule has 0 aliphatic carbocycles. The highest BCUT2D eigenvalue weighted by Crippen LogP contribution is 2.27. The van der Waals surface area contributed by atoms with Gasteiger partial charge in [0.15, 0.2) is 0 Å². The average Bonchev–Trinajstić information content (AvgIpc) is 2.82. The zero-order chi connectivity index (χ0) is 11.7. The molecule has 3 heterocycles. The number of nitrogens with zero attached hydrogens (tertiary/aromatic N) is 2. The topological polar surface area (TPSA) is 38.6 Å². The third kappa shape index (κ3) is 1.89. The molecule has 90 valence electrons. The third-order valence-electron chi connectivity index (χ3n) is 3.43. The Kier molecular flexibility index (Phi) is 2.73. The Labute approximate surface area is 101 Å². The highest BCUT2D eigenvalue weighted by molar-refractivity contribution is 5.54. The van der Waals surface area contributed by atoms with Gasteiger partial charge in [-0.3, -0.25) is 0 Å². The van der Waals surface area contributed by atoms with Crippen LogP contribution in [0.2, 0.25) is 0 Å². The van der Waals surface area contributed by atoms with Crippen molar-refractivity contribution in [2.24, 2.45) is 0 Å². The van der Waals surface area contributed by atoms with Crippen molar-refractivity contribution in [2.75, 3.05) is 25.6 Å². The Balaban J connectivity index is 2.02. The molecule has 2 aromatic heterocycles. The number of nitrogens with one attached hydrogen (secondary N) is 1. The van der Waals surface area contributed by atoms with Gasteiger partial charge in [-0.15, -0.1) is 0 Å². The summed E-state index contributed by atoms with van der Waals surface area (Å²) < 4.78 is 7.60. The van der Waals surface area contributed by atoms with E-state index in [-0.39, 0.29) is 0 Å². The molecule has 4 heteroatoms. The molecule has 0 saturated carbocycles. The van der Waals surface area contributed by atoms with Gasteiger partial charge in [-0.1, -0.05) is 0 Å². The Hall–Kier alpha value is -1.55. The van der Waals surface area contributed by atoms with Gasteiger partial charge < -0.3 is 14.5 Å². The predicted octanol–water partition coefficient (Wildman–Crippen LogP) is 2.27. The number of aromatic nitrogens is 2. The summed E-state index contributed by atoms with van der Waals surface area (Å²) in [5.74, 6) is 1.69. The monoisotopic (exact) mass is 231 g/mol. The van der Waals surface area contributed by atoms with Gasteiger partial charge in [0.2, 0.25) is 0 Å². The first kappa shape index (κ1) is 10.6. The summed E-state index contributed by atoms with van der Waals surface area (Å²) in [6, 6.07) is 4.17. The first-order valence-corrected chi connectivity index (χ1v) is 6.11. The van der Waals surface area contributed by atoms with Gasteiger partial charge >= 0.3 is 0 Å². The van der Waals surface area contributed by atoms with Gasteiger partial charge in [0.05, 0.1) is 17.4 Å². The Morgan fingerprint density at radius 3 is 2.94 bits per heavy atom. The molecule has 0 spiro atoms. The van der Waals surface area contributed by atoms with Crippen molar-refractivity contribution >= 4 is 11.2 Å². The van der Waals surface area contributed by atoms with Crippen LogP contribution in [0.3, 0.4) is 0 Å². The molecular weight excluding hydrogens is 214 g/mol. The van der Waals surface area contributed by atoms with Crippen molar-refractivity contribution in [3.05, 3.63) is 30.4 Å². The molecule has 4 nitrogen and oxygen atoms in total. The number of anilines is 1. The predicted molar refractivity (Wildman–Crippen MR) is 67.5 cm³/mol.